The number of H-pyrrole nitrogens is 1. The smallest absolute Gasteiger partial charge is 0.267 e. The third kappa shape index (κ3) is 2.76. The predicted octanol–water partition coefficient (Wildman–Crippen LogP) is 1.14. The second-order valence-corrected chi connectivity index (χ2v) is 3.78. The zero-order valence-electron chi connectivity index (χ0n) is 8.68. The Morgan fingerprint density at radius 2 is 2.18 bits per heavy atom. The standard InChI is InChI=1S/C11H8ClN3O2/c12-10(16)6-7-5-9(14-15-11(7)17)8-3-1-2-4-13-8/h1-5H,6H2,(H,15,17). The van der Waals surface area contributed by atoms with Crippen LogP contribution >= 0.6 is 11.6 Å². The summed E-state index contributed by atoms with van der Waals surface area (Å²) in [5, 5.41) is 5.59. The highest BCUT2D eigenvalue weighted by atomic mass is 35.5. The second-order valence-electron chi connectivity index (χ2n) is 3.35. The van der Waals surface area contributed by atoms with Gasteiger partial charge in [-0.1, -0.05) is 6.07 Å². The average molecular weight is 250 g/mol. The van der Waals surface area contributed by atoms with E-state index >= 15 is 0 Å². The van der Waals surface area contributed by atoms with Gasteiger partial charge in [-0.2, -0.15) is 5.10 Å². The van der Waals surface area contributed by atoms with Crippen molar-refractivity contribution in [3.8, 4) is 11.4 Å². The van der Waals surface area contributed by atoms with Gasteiger partial charge in [0.2, 0.25) is 5.24 Å². The van der Waals surface area contributed by atoms with Gasteiger partial charge in [0.25, 0.3) is 5.56 Å². The molecule has 0 spiro atoms. The van der Waals surface area contributed by atoms with E-state index < -0.39 is 10.8 Å². The van der Waals surface area contributed by atoms with Crippen LogP contribution in [0.3, 0.4) is 0 Å². The summed E-state index contributed by atoms with van der Waals surface area (Å²) in [5.74, 6) is 0. The number of rotatable bonds is 3. The highest BCUT2D eigenvalue weighted by Gasteiger charge is 2.08. The van der Waals surface area contributed by atoms with E-state index in [9.17, 15) is 9.59 Å². The van der Waals surface area contributed by atoms with Gasteiger partial charge in [-0.05, 0) is 29.8 Å². The summed E-state index contributed by atoms with van der Waals surface area (Å²) in [5.41, 5.74) is 0.976. The Bertz CT molecular complexity index is 595. The maximum atomic E-state index is 11.4. The maximum absolute atomic E-state index is 11.4. The minimum atomic E-state index is -0.589. The predicted molar refractivity (Wildman–Crippen MR) is 62.7 cm³/mol. The first-order chi connectivity index (χ1) is 8.16. The number of aromatic nitrogens is 3. The van der Waals surface area contributed by atoms with E-state index in [2.05, 4.69) is 15.2 Å². The van der Waals surface area contributed by atoms with Crippen LogP contribution in [-0.4, -0.2) is 20.4 Å². The Morgan fingerprint density at radius 3 is 2.82 bits per heavy atom. The van der Waals surface area contributed by atoms with Crippen LogP contribution in [0.2, 0.25) is 0 Å². The van der Waals surface area contributed by atoms with E-state index in [4.69, 9.17) is 11.6 Å². The number of hydrogen-bond donors (Lipinski definition) is 1. The van der Waals surface area contributed by atoms with Crippen LogP contribution < -0.4 is 5.56 Å². The van der Waals surface area contributed by atoms with Gasteiger partial charge in [0, 0.05) is 11.8 Å². The van der Waals surface area contributed by atoms with Crippen LogP contribution in [0.15, 0.2) is 35.3 Å². The Hall–Kier alpha value is -2.01. The Balaban J connectivity index is 2.44. The Morgan fingerprint density at radius 1 is 1.35 bits per heavy atom. The molecule has 6 heteroatoms. The largest absolute Gasteiger partial charge is 0.281 e. The number of halogens is 1. The molecular formula is C11H8ClN3O2. The quantitative estimate of drug-likeness (QED) is 0.828. The minimum absolute atomic E-state index is 0.126. The van der Waals surface area contributed by atoms with Crippen molar-refractivity contribution in [3.63, 3.8) is 0 Å². The molecule has 1 N–H and O–H groups in total. The van der Waals surface area contributed by atoms with Crippen molar-refractivity contribution in [2.45, 2.75) is 6.42 Å². The lowest BCUT2D eigenvalue weighted by Crippen LogP contribution is -2.16. The maximum Gasteiger partial charge on any atom is 0.267 e. The van der Waals surface area contributed by atoms with Crippen molar-refractivity contribution in [1.29, 1.82) is 0 Å². The lowest BCUT2D eigenvalue weighted by atomic mass is 10.1. The first kappa shape index (κ1) is 11.5. The van der Waals surface area contributed by atoms with Crippen molar-refractivity contribution in [2.24, 2.45) is 0 Å². The molecule has 2 heterocycles. The molecule has 17 heavy (non-hydrogen) atoms. The number of carbonyl (C=O) groups is 1. The van der Waals surface area contributed by atoms with Crippen LogP contribution in [0, 0.1) is 0 Å². The zero-order chi connectivity index (χ0) is 12.3. The van der Waals surface area contributed by atoms with Crippen LogP contribution in [-0.2, 0) is 11.2 Å². The lowest BCUT2D eigenvalue weighted by molar-refractivity contribution is -0.111. The number of hydrogen-bond acceptors (Lipinski definition) is 4. The molecule has 0 saturated carbocycles. The first-order valence-electron chi connectivity index (χ1n) is 4.85. The zero-order valence-corrected chi connectivity index (χ0v) is 9.44. The molecule has 0 aromatic carbocycles. The third-order valence-corrected chi connectivity index (χ3v) is 2.27. The highest BCUT2D eigenvalue weighted by molar-refractivity contribution is 6.63. The Kier molecular flexibility index (Phi) is 3.30. The molecule has 86 valence electrons. The number of pyridine rings is 1. The molecule has 2 aromatic heterocycles. The molecular weight excluding hydrogens is 242 g/mol. The van der Waals surface area contributed by atoms with E-state index in [1.165, 1.54) is 6.07 Å². The van der Waals surface area contributed by atoms with Gasteiger partial charge in [0.1, 0.15) is 5.69 Å². The minimum Gasteiger partial charge on any atom is -0.281 e. The molecule has 5 nitrogen and oxygen atoms in total. The fraction of sp³-hybridized carbons (Fsp3) is 0.0909. The van der Waals surface area contributed by atoms with Gasteiger partial charge in [0.15, 0.2) is 0 Å². The van der Waals surface area contributed by atoms with Crippen molar-refractivity contribution in [1.82, 2.24) is 15.2 Å². The molecule has 0 bridgehead atoms. The van der Waals surface area contributed by atoms with E-state index in [0.717, 1.165) is 0 Å². The number of carbonyl (C=O) groups excluding carboxylic acids is 1. The summed E-state index contributed by atoms with van der Waals surface area (Å²) in [4.78, 5) is 26.3. The van der Waals surface area contributed by atoms with Gasteiger partial charge in [-0.25, -0.2) is 5.10 Å². The number of aromatic amines is 1. The molecule has 2 rings (SSSR count). The van der Waals surface area contributed by atoms with E-state index in [-0.39, 0.29) is 12.0 Å². The monoisotopic (exact) mass is 249 g/mol. The molecule has 2 aromatic rings. The van der Waals surface area contributed by atoms with Crippen molar-refractivity contribution >= 4 is 16.8 Å². The fourth-order valence-corrected chi connectivity index (χ4v) is 1.52. The summed E-state index contributed by atoms with van der Waals surface area (Å²) >= 11 is 5.25. The third-order valence-electron chi connectivity index (χ3n) is 2.14. The summed E-state index contributed by atoms with van der Waals surface area (Å²) in [7, 11) is 0. The Labute approximate surface area is 101 Å². The molecule has 0 saturated heterocycles. The molecule has 0 aliphatic heterocycles. The van der Waals surface area contributed by atoms with E-state index in [0.29, 0.717) is 11.4 Å². The molecule has 0 radical (unpaired) electrons. The molecule has 0 atom stereocenters. The van der Waals surface area contributed by atoms with Gasteiger partial charge < -0.3 is 0 Å². The SMILES string of the molecule is O=C(Cl)Cc1cc(-c2ccccn2)n[nH]c1=O. The summed E-state index contributed by atoms with van der Waals surface area (Å²) in [6.07, 6.45) is 1.49. The summed E-state index contributed by atoms with van der Waals surface area (Å²) < 4.78 is 0. The van der Waals surface area contributed by atoms with E-state index in [1.54, 1.807) is 18.3 Å². The first-order valence-corrected chi connectivity index (χ1v) is 5.23. The van der Waals surface area contributed by atoms with Crippen LogP contribution in [0.4, 0.5) is 0 Å². The molecule has 0 aliphatic rings. The van der Waals surface area contributed by atoms with Crippen LogP contribution in [0.5, 0.6) is 0 Å². The van der Waals surface area contributed by atoms with Gasteiger partial charge in [-0.3, -0.25) is 14.6 Å². The second kappa shape index (κ2) is 4.88. The van der Waals surface area contributed by atoms with Crippen LogP contribution in [0.25, 0.3) is 11.4 Å². The van der Waals surface area contributed by atoms with Gasteiger partial charge in [0.05, 0.1) is 12.1 Å². The molecule has 0 unspecified atom stereocenters. The van der Waals surface area contributed by atoms with Gasteiger partial charge in [-0.15, -0.1) is 0 Å². The van der Waals surface area contributed by atoms with Crippen molar-refractivity contribution < 1.29 is 4.79 Å². The molecule has 0 aliphatic carbocycles. The average Bonchev–Trinajstić information content (AvgIpc) is 2.32. The lowest BCUT2D eigenvalue weighted by Gasteiger charge is -2.00. The van der Waals surface area contributed by atoms with E-state index in [1.807, 2.05) is 6.07 Å². The van der Waals surface area contributed by atoms with Gasteiger partial charge >= 0.3 is 0 Å². The number of nitrogens with zero attached hydrogens (tertiary/aromatic N) is 2. The topological polar surface area (TPSA) is 75.7 Å². The van der Waals surface area contributed by atoms with Crippen molar-refractivity contribution in [2.75, 3.05) is 0 Å². The highest BCUT2D eigenvalue weighted by Crippen LogP contribution is 2.12. The summed E-state index contributed by atoms with van der Waals surface area (Å²) in [6, 6.07) is 6.86. The fourth-order valence-electron chi connectivity index (χ4n) is 1.37. The molecule has 0 amide bonds. The van der Waals surface area contributed by atoms with Crippen molar-refractivity contribution in [3.05, 3.63) is 46.4 Å². The normalized spacial score (nSPS) is 10.2. The summed E-state index contributed by atoms with van der Waals surface area (Å²) in [6.45, 7) is 0. The van der Waals surface area contributed by atoms with Crippen LogP contribution in [0.1, 0.15) is 5.56 Å². The number of nitrogens with one attached hydrogen (secondary N) is 1. The molecule has 0 fully saturated rings.